The molecular weight excluding hydrogens is 422 g/mol. The van der Waals surface area contributed by atoms with Crippen molar-refractivity contribution in [2.24, 2.45) is 0 Å². The van der Waals surface area contributed by atoms with E-state index in [0.29, 0.717) is 13.1 Å². The lowest BCUT2D eigenvalue weighted by Crippen LogP contribution is -2.36. The van der Waals surface area contributed by atoms with Gasteiger partial charge < -0.3 is 10.0 Å². The second-order valence-electron chi connectivity index (χ2n) is 6.56. The molecule has 3 rings (SSSR count). The molecule has 1 saturated heterocycles. The molecule has 0 aliphatic carbocycles. The number of benzene rings is 2. The summed E-state index contributed by atoms with van der Waals surface area (Å²) >= 11 is 5.99. The first-order valence-electron chi connectivity index (χ1n) is 8.78. The molecule has 0 bridgehead atoms. The quantitative estimate of drug-likeness (QED) is 0.542. The Morgan fingerprint density at radius 2 is 1.83 bits per heavy atom. The van der Waals surface area contributed by atoms with Gasteiger partial charge in [0, 0.05) is 24.2 Å². The monoisotopic (exact) mass is 439 g/mol. The summed E-state index contributed by atoms with van der Waals surface area (Å²) in [6, 6.07) is 6.93. The van der Waals surface area contributed by atoms with Crippen LogP contribution in [0.2, 0.25) is 5.02 Å². The van der Waals surface area contributed by atoms with Crippen molar-refractivity contribution in [1.29, 1.82) is 0 Å². The topological polar surface area (TPSA) is 130 Å². The Hall–Kier alpha value is -2.85. The number of likely N-dealkylation sites (tertiary alicyclic amines) is 1. The Morgan fingerprint density at radius 3 is 2.48 bits per heavy atom. The molecule has 1 amide bonds. The highest BCUT2D eigenvalue weighted by Crippen LogP contribution is 2.31. The molecule has 0 aromatic heterocycles. The maximum atomic E-state index is 12.9. The third-order valence-corrected chi connectivity index (χ3v) is 6.15. The first kappa shape index (κ1) is 20.9. The van der Waals surface area contributed by atoms with Crippen molar-refractivity contribution >= 4 is 38.9 Å². The predicted molar refractivity (Wildman–Crippen MR) is 107 cm³/mol. The average Bonchev–Trinajstić information content (AvgIpc) is 2.68. The SMILES string of the molecule is O=C(c1ccc(Cl)cc1NS(=O)(=O)c1ccc(O)c([N+](=O)[O-])c1)N1CCCCC1. The number of phenols is 1. The standard InChI is InChI=1S/C18H18ClN3O6S/c19-12-4-6-14(18(24)21-8-2-1-3-9-21)15(10-12)20-29(27,28)13-5-7-17(23)16(11-13)22(25)26/h4-7,10-11,20,23H,1-3,8-9H2. The molecule has 2 aromatic carbocycles. The summed E-state index contributed by atoms with van der Waals surface area (Å²) in [6.45, 7) is 1.16. The fourth-order valence-electron chi connectivity index (χ4n) is 3.08. The number of halogens is 1. The minimum atomic E-state index is -4.28. The second-order valence-corrected chi connectivity index (χ2v) is 8.67. The zero-order chi connectivity index (χ0) is 21.2. The lowest BCUT2D eigenvalue weighted by Gasteiger charge is -2.27. The van der Waals surface area contributed by atoms with Gasteiger partial charge in [-0.2, -0.15) is 0 Å². The summed E-state index contributed by atoms with van der Waals surface area (Å²) in [5.41, 5.74) is -0.638. The van der Waals surface area contributed by atoms with Crippen LogP contribution in [-0.2, 0) is 10.0 Å². The minimum absolute atomic E-state index is 0.0243. The van der Waals surface area contributed by atoms with Crippen LogP contribution in [0.4, 0.5) is 11.4 Å². The average molecular weight is 440 g/mol. The van der Waals surface area contributed by atoms with Crippen molar-refractivity contribution in [2.45, 2.75) is 24.2 Å². The number of nitrogens with zero attached hydrogens (tertiary/aromatic N) is 2. The van der Waals surface area contributed by atoms with Crippen LogP contribution >= 0.6 is 11.6 Å². The van der Waals surface area contributed by atoms with Gasteiger partial charge in [0.1, 0.15) is 0 Å². The third kappa shape index (κ3) is 4.60. The maximum absolute atomic E-state index is 12.9. The number of nitro groups is 1. The molecule has 0 atom stereocenters. The number of rotatable bonds is 5. The van der Waals surface area contributed by atoms with Gasteiger partial charge in [-0.25, -0.2) is 8.42 Å². The van der Waals surface area contributed by atoms with Crippen LogP contribution in [0, 0.1) is 10.1 Å². The number of anilines is 1. The highest BCUT2D eigenvalue weighted by atomic mass is 35.5. The first-order valence-corrected chi connectivity index (χ1v) is 10.6. The number of nitro benzene ring substituents is 1. The van der Waals surface area contributed by atoms with Crippen molar-refractivity contribution in [1.82, 2.24) is 4.90 Å². The van der Waals surface area contributed by atoms with E-state index in [-0.39, 0.29) is 22.2 Å². The van der Waals surface area contributed by atoms with Crippen molar-refractivity contribution in [2.75, 3.05) is 17.8 Å². The van der Waals surface area contributed by atoms with Crippen molar-refractivity contribution in [3.63, 3.8) is 0 Å². The molecule has 0 unspecified atom stereocenters. The Balaban J connectivity index is 1.97. The number of nitrogens with one attached hydrogen (secondary N) is 1. The summed E-state index contributed by atoms with van der Waals surface area (Å²) in [6.07, 6.45) is 2.78. The van der Waals surface area contributed by atoms with Crippen LogP contribution in [0.1, 0.15) is 29.6 Å². The van der Waals surface area contributed by atoms with Crippen LogP contribution in [0.3, 0.4) is 0 Å². The molecule has 9 nitrogen and oxygen atoms in total. The number of hydrogen-bond acceptors (Lipinski definition) is 6. The molecule has 1 fully saturated rings. The zero-order valence-corrected chi connectivity index (χ0v) is 16.7. The van der Waals surface area contributed by atoms with Gasteiger partial charge in [-0.1, -0.05) is 11.6 Å². The largest absolute Gasteiger partial charge is 0.502 e. The number of carbonyl (C=O) groups excluding carboxylic acids is 1. The van der Waals surface area contributed by atoms with E-state index in [4.69, 9.17) is 11.6 Å². The molecule has 1 aliphatic rings. The summed E-state index contributed by atoms with van der Waals surface area (Å²) in [7, 11) is -4.28. The fraction of sp³-hybridized carbons (Fsp3) is 0.278. The smallest absolute Gasteiger partial charge is 0.312 e. The highest BCUT2D eigenvalue weighted by Gasteiger charge is 2.25. The molecule has 0 spiro atoms. The second kappa shape index (κ2) is 8.26. The highest BCUT2D eigenvalue weighted by molar-refractivity contribution is 7.92. The number of piperidine rings is 1. The Bertz CT molecular complexity index is 1070. The number of aromatic hydroxyl groups is 1. The van der Waals surface area contributed by atoms with E-state index >= 15 is 0 Å². The molecule has 154 valence electrons. The molecule has 1 heterocycles. The maximum Gasteiger partial charge on any atom is 0.312 e. The number of sulfonamides is 1. The summed E-state index contributed by atoms with van der Waals surface area (Å²) in [5, 5.41) is 20.7. The molecule has 1 aliphatic heterocycles. The number of phenolic OH excluding ortho intramolecular Hbond substituents is 1. The third-order valence-electron chi connectivity index (χ3n) is 4.55. The Morgan fingerprint density at radius 1 is 1.14 bits per heavy atom. The van der Waals surface area contributed by atoms with Gasteiger partial charge in [0.05, 0.1) is 21.1 Å². The van der Waals surface area contributed by atoms with Gasteiger partial charge in [-0.15, -0.1) is 0 Å². The van der Waals surface area contributed by atoms with Crippen molar-refractivity contribution < 1.29 is 23.2 Å². The van der Waals surface area contributed by atoms with Crippen LogP contribution in [0.15, 0.2) is 41.3 Å². The van der Waals surface area contributed by atoms with E-state index in [1.807, 2.05) is 0 Å². The number of amides is 1. The summed E-state index contributed by atoms with van der Waals surface area (Å²) in [4.78, 5) is 24.2. The minimum Gasteiger partial charge on any atom is -0.502 e. The van der Waals surface area contributed by atoms with Crippen LogP contribution < -0.4 is 4.72 Å². The molecule has 2 N–H and O–H groups in total. The van der Waals surface area contributed by atoms with Crippen LogP contribution in [-0.4, -0.2) is 42.3 Å². The molecule has 2 aromatic rings. The van der Waals surface area contributed by atoms with Gasteiger partial charge in [0.15, 0.2) is 5.75 Å². The van der Waals surface area contributed by atoms with Gasteiger partial charge in [0.2, 0.25) is 0 Å². The summed E-state index contributed by atoms with van der Waals surface area (Å²) < 4.78 is 27.8. The predicted octanol–water partition coefficient (Wildman–Crippen LogP) is 3.38. The molecule has 0 saturated carbocycles. The van der Waals surface area contributed by atoms with Gasteiger partial charge >= 0.3 is 5.69 Å². The van der Waals surface area contributed by atoms with E-state index < -0.39 is 31.3 Å². The van der Waals surface area contributed by atoms with Gasteiger partial charge in [-0.05, 0) is 49.6 Å². The van der Waals surface area contributed by atoms with Crippen LogP contribution in [0.25, 0.3) is 0 Å². The van der Waals surface area contributed by atoms with Crippen molar-refractivity contribution in [3.05, 3.63) is 57.1 Å². The van der Waals surface area contributed by atoms with Gasteiger partial charge in [0.25, 0.3) is 15.9 Å². The van der Waals surface area contributed by atoms with Gasteiger partial charge in [-0.3, -0.25) is 19.6 Å². The Kier molecular flexibility index (Phi) is 5.94. The molecule has 29 heavy (non-hydrogen) atoms. The van der Waals surface area contributed by atoms with E-state index in [1.54, 1.807) is 4.90 Å². The zero-order valence-electron chi connectivity index (χ0n) is 15.2. The van der Waals surface area contributed by atoms with E-state index in [9.17, 15) is 28.4 Å². The molecule has 0 radical (unpaired) electrons. The normalized spacial score (nSPS) is 14.4. The molecular formula is C18H18ClN3O6S. The lowest BCUT2D eigenvalue weighted by molar-refractivity contribution is -0.386. The first-order chi connectivity index (χ1) is 13.7. The molecule has 11 heteroatoms. The van der Waals surface area contributed by atoms with Crippen LogP contribution in [0.5, 0.6) is 5.75 Å². The number of hydrogen-bond donors (Lipinski definition) is 2. The summed E-state index contributed by atoms with van der Waals surface area (Å²) in [5.74, 6) is -0.978. The van der Waals surface area contributed by atoms with E-state index in [0.717, 1.165) is 37.5 Å². The fourth-order valence-corrected chi connectivity index (χ4v) is 4.34. The van der Waals surface area contributed by atoms with E-state index in [2.05, 4.69) is 4.72 Å². The Labute approximate surface area is 172 Å². The lowest BCUT2D eigenvalue weighted by atomic mass is 10.1. The van der Waals surface area contributed by atoms with Crippen molar-refractivity contribution in [3.8, 4) is 5.75 Å². The number of carbonyl (C=O) groups is 1. The van der Waals surface area contributed by atoms with E-state index in [1.165, 1.54) is 18.2 Å².